The fourth-order valence-corrected chi connectivity index (χ4v) is 3.43. The van der Waals surface area contributed by atoms with Crippen LogP contribution in [0.15, 0.2) is 24.3 Å². The van der Waals surface area contributed by atoms with Gasteiger partial charge < -0.3 is 9.84 Å². The summed E-state index contributed by atoms with van der Waals surface area (Å²) < 4.78 is 5.38. The molecule has 1 saturated heterocycles. The lowest BCUT2D eigenvalue weighted by molar-refractivity contribution is -0.186. The number of hydrogen-bond acceptors (Lipinski definition) is 3. The van der Waals surface area contributed by atoms with Gasteiger partial charge in [0.15, 0.2) is 0 Å². The molecule has 0 unspecified atom stereocenters. The minimum atomic E-state index is -0.944. The molecule has 0 radical (unpaired) electrons. The summed E-state index contributed by atoms with van der Waals surface area (Å²) in [7, 11) is 0. The number of nitrogens with zero attached hydrogens (tertiary/aromatic N) is 1. The van der Waals surface area contributed by atoms with E-state index < -0.39 is 6.09 Å². The van der Waals surface area contributed by atoms with Gasteiger partial charge in [-0.05, 0) is 30.5 Å². The number of anilines is 1. The first-order valence-corrected chi connectivity index (χ1v) is 9.89. The van der Waals surface area contributed by atoms with Crippen molar-refractivity contribution in [2.75, 3.05) is 11.4 Å². The Hall–Kier alpha value is -2.04. The Bertz CT molecular complexity index is 601. The standard InChI is InChI=1S/C21H31NO4/c1-3-5-7-8-13-18-19(26-20(18)23)16-11-10-12-17(15-16)22(21(24)25)14-9-6-4-2/h10-12,15,18-19H,3-9,13-14H2,1-2H3,(H,24,25)/t18-,19-/m1/s1. The first-order valence-electron chi connectivity index (χ1n) is 9.89. The van der Waals surface area contributed by atoms with Crippen molar-refractivity contribution in [3.8, 4) is 0 Å². The fraction of sp³-hybridized carbons (Fsp3) is 0.619. The van der Waals surface area contributed by atoms with Crippen LogP contribution in [0, 0.1) is 5.92 Å². The number of amides is 1. The van der Waals surface area contributed by atoms with Crippen LogP contribution in [0.3, 0.4) is 0 Å². The number of ether oxygens (including phenoxy) is 1. The van der Waals surface area contributed by atoms with Crippen molar-refractivity contribution in [2.45, 2.75) is 71.3 Å². The maximum Gasteiger partial charge on any atom is 0.411 e. The van der Waals surface area contributed by atoms with Crippen LogP contribution >= 0.6 is 0 Å². The number of cyclic esters (lactones) is 1. The van der Waals surface area contributed by atoms with Gasteiger partial charge in [-0.15, -0.1) is 0 Å². The minimum absolute atomic E-state index is 0.0968. The zero-order chi connectivity index (χ0) is 18.9. The number of carboxylic acid groups (broad SMARTS) is 1. The van der Waals surface area contributed by atoms with Gasteiger partial charge in [-0.25, -0.2) is 4.79 Å². The van der Waals surface area contributed by atoms with Crippen LogP contribution in [0.1, 0.15) is 76.9 Å². The fourth-order valence-electron chi connectivity index (χ4n) is 3.43. The smallest absolute Gasteiger partial charge is 0.411 e. The molecule has 1 heterocycles. The molecule has 26 heavy (non-hydrogen) atoms. The monoisotopic (exact) mass is 361 g/mol. The molecule has 2 rings (SSSR count). The Morgan fingerprint density at radius 3 is 2.50 bits per heavy atom. The highest BCUT2D eigenvalue weighted by molar-refractivity contribution is 5.86. The van der Waals surface area contributed by atoms with Crippen LogP contribution in [0.25, 0.3) is 0 Å². The lowest BCUT2D eigenvalue weighted by Gasteiger charge is -2.36. The minimum Gasteiger partial charge on any atom is -0.465 e. The first-order chi connectivity index (χ1) is 12.6. The van der Waals surface area contributed by atoms with Crippen LogP contribution in [0.4, 0.5) is 10.5 Å². The third-order valence-electron chi connectivity index (χ3n) is 5.01. The molecular formula is C21H31NO4. The van der Waals surface area contributed by atoms with Gasteiger partial charge >= 0.3 is 12.1 Å². The molecule has 0 aliphatic carbocycles. The van der Waals surface area contributed by atoms with E-state index in [9.17, 15) is 14.7 Å². The maximum atomic E-state index is 11.9. The third kappa shape index (κ3) is 5.23. The summed E-state index contributed by atoms with van der Waals surface area (Å²) in [6.07, 6.45) is 7.07. The summed E-state index contributed by atoms with van der Waals surface area (Å²) >= 11 is 0. The van der Waals surface area contributed by atoms with E-state index in [1.807, 2.05) is 18.2 Å². The molecule has 1 aliphatic heterocycles. The van der Waals surface area contributed by atoms with Gasteiger partial charge in [-0.1, -0.05) is 64.5 Å². The summed E-state index contributed by atoms with van der Waals surface area (Å²) in [4.78, 5) is 24.9. The predicted octanol–water partition coefficient (Wildman–Crippen LogP) is 5.55. The molecule has 1 amide bonds. The molecular weight excluding hydrogens is 330 g/mol. The van der Waals surface area contributed by atoms with Crippen LogP contribution in [0.5, 0.6) is 0 Å². The van der Waals surface area contributed by atoms with E-state index in [0.29, 0.717) is 12.2 Å². The number of benzene rings is 1. The van der Waals surface area contributed by atoms with Gasteiger partial charge in [0, 0.05) is 12.2 Å². The molecule has 0 saturated carbocycles. The molecule has 144 valence electrons. The molecule has 2 atom stereocenters. The molecule has 0 spiro atoms. The van der Waals surface area contributed by atoms with Crippen molar-refractivity contribution in [1.29, 1.82) is 0 Å². The highest BCUT2D eigenvalue weighted by atomic mass is 16.6. The number of carbonyl (C=O) groups excluding carboxylic acids is 1. The summed E-state index contributed by atoms with van der Waals surface area (Å²) in [5.41, 5.74) is 1.54. The lowest BCUT2D eigenvalue weighted by Crippen LogP contribution is -2.38. The second kappa shape index (κ2) is 10.2. The molecule has 5 heteroatoms. The Kier molecular flexibility index (Phi) is 7.95. The van der Waals surface area contributed by atoms with Gasteiger partial charge in [0.25, 0.3) is 0 Å². The normalized spacial score (nSPS) is 18.9. The Balaban J connectivity index is 2.04. The molecule has 5 nitrogen and oxygen atoms in total. The quantitative estimate of drug-likeness (QED) is 0.415. The topological polar surface area (TPSA) is 66.8 Å². The maximum absolute atomic E-state index is 11.9. The van der Waals surface area contributed by atoms with Crippen LogP contribution < -0.4 is 4.90 Å². The Labute approximate surface area is 156 Å². The van der Waals surface area contributed by atoms with E-state index in [4.69, 9.17) is 4.74 Å². The summed E-state index contributed by atoms with van der Waals surface area (Å²) in [6, 6.07) is 7.43. The van der Waals surface area contributed by atoms with E-state index in [-0.39, 0.29) is 18.0 Å². The van der Waals surface area contributed by atoms with Gasteiger partial charge in [0.1, 0.15) is 6.10 Å². The molecule has 0 bridgehead atoms. The van der Waals surface area contributed by atoms with Crippen molar-refractivity contribution in [3.05, 3.63) is 29.8 Å². The van der Waals surface area contributed by atoms with E-state index in [1.54, 1.807) is 6.07 Å². The molecule has 1 aliphatic rings. The first kappa shape index (κ1) is 20.3. The number of esters is 1. The van der Waals surface area contributed by atoms with Gasteiger partial charge in [-0.3, -0.25) is 9.69 Å². The van der Waals surface area contributed by atoms with Crippen LogP contribution in [-0.2, 0) is 9.53 Å². The van der Waals surface area contributed by atoms with Gasteiger partial charge in [0.2, 0.25) is 0 Å². The SMILES string of the molecule is CCCCCC[C@H]1C(=O)O[C@@H]1c1cccc(N(CCCCC)C(=O)O)c1. The lowest BCUT2D eigenvalue weighted by atomic mass is 9.86. The zero-order valence-corrected chi connectivity index (χ0v) is 15.9. The van der Waals surface area contributed by atoms with Gasteiger partial charge in [0.05, 0.1) is 5.92 Å². The average molecular weight is 361 g/mol. The van der Waals surface area contributed by atoms with Gasteiger partial charge in [-0.2, -0.15) is 0 Å². The van der Waals surface area contributed by atoms with E-state index in [2.05, 4.69) is 13.8 Å². The highest BCUT2D eigenvalue weighted by Crippen LogP contribution is 2.40. The average Bonchev–Trinajstić information content (AvgIpc) is 2.63. The second-order valence-electron chi connectivity index (χ2n) is 7.05. The highest BCUT2D eigenvalue weighted by Gasteiger charge is 2.42. The number of carbonyl (C=O) groups is 2. The van der Waals surface area contributed by atoms with E-state index in [0.717, 1.165) is 44.1 Å². The largest absolute Gasteiger partial charge is 0.465 e. The molecule has 1 N–H and O–H groups in total. The molecule has 1 fully saturated rings. The molecule has 0 aromatic heterocycles. The summed E-state index contributed by atoms with van der Waals surface area (Å²) in [5, 5.41) is 9.53. The summed E-state index contributed by atoms with van der Waals surface area (Å²) in [5.74, 6) is -0.226. The van der Waals surface area contributed by atoms with Crippen LogP contribution in [0.2, 0.25) is 0 Å². The predicted molar refractivity (Wildman–Crippen MR) is 102 cm³/mol. The van der Waals surface area contributed by atoms with E-state index in [1.165, 1.54) is 17.7 Å². The van der Waals surface area contributed by atoms with Crippen molar-refractivity contribution in [2.24, 2.45) is 5.92 Å². The second-order valence-corrected chi connectivity index (χ2v) is 7.05. The number of unbranched alkanes of at least 4 members (excludes halogenated alkanes) is 5. The Morgan fingerprint density at radius 1 is 1.12 bits per heavy atom. The number of hydrogen-bond donors (Lipinski definition) is 1. The number of rotatable bonds is 11. The zero-order valence-electron chi connectivity index (χ0n) is 15.9. The third-order valence-corrected chi connectivity index (χ3v) is 5.01. The van der Waals surface area contributed by atoms with Crippen molar-refractivity contribution in [3.63, 3.8) is 0 Å². The van der Waals surface area contributed by atoms with E-state index >= 15 is 0 Å². The summed E-state index contributed by atoms with van der Waals surface area (Å²) in [6.45, 7) is 4.75. The van der Waals surface area contributed by atoms with Crippen molar-refractivity contribution in [1.82, 2.24) is 0 Å². The van der Waals surface area contributed by atoms with Crippen molar-refractivity contribution < 1.29 is 19.4 Å². The van der Waals surface area contributed by atoms with Crippen molar-refractivity contribution >= 4 is 17.7 Å². The molecule has 1 aromatic carbocycles. The molecule has 1 aromatic rings. The van der Waals surface area contributed by atoms with Crippen LogP contribution in [-0.4, -0.2) is 23.7 Å². The Morgan fingerprint density at radius 2 is 1.85 bits per heavy atom.